The topological polar surface area (TPSA) is 99.6 Å². The highest BCUT2D eigenvalue weighted by Crippen LogP contribution is 2.42. The van der Waals surface area contributed by atoms with Crippen molar-refractivity contribution in [3.05, 3.63) is 23.8 Å². The van der Waals surface area contributed by atoms with Gasteiger partial charge in [0.15, 0.2) is 11.5 Å². The average molecular weight is 530 g/mol. The predicted octanol–water partition coefficient (Wildman–Crippen LogP) is 3.72. The minimum Gasteiger partial charge on any atom is -0.481 e. The third-order valence-electron chi connectivity index (χ3n) is 8.23. The van der Waals surface area contributed by atoms with Crippen LogP contribution in [0.3, 0.4) is 0 Å². The van der Waals surface area contributed by atoms with Gasteiger partial charge in [-0.25, -0.2) is 0 Å². The predicted molar refractivity (Wildman–Crippen MR) is 143 cm³/mol. The Morgan fingerprint density at radius 1 is 1.08 bits per heavy atom. The number of hydrogen-bond donors (Lipinski definition) is 1. The van der Waals surface area contributed by atoms with Gasteiger partial charge in [0.1, 0.15) is 0 Å². The van der Waals surface area contributed by atoms with Gasteiger partial charge in [-0.2, -0.15) is 0 Å². The molecule has 0 aliphatic carbocycles. The van der Waals surface area contributed by atoms with E-state index in [1.165, 1.54) is 0 Å². The lowest BCUT2D eigenvalue weighted by molar-refractivity contribution is -0.144. The number of unbranched alkanes of at least 4 members (excludes halogenated alkanes) is 2. The molecule has 38 heavy (non-hydrogen) atoms. The van der Waals surface area contributed by atoms with Gasteiger partial charge in [0, 0.05) is 51.1 Å². The number of ether oxygens (including phenoxy) is 2. The van der Waals surface area contributed by atoms with Crippen LogP contribution in [0.2, 0.25) is 0 Å². The molecule has 0 bridgehead atoms. The Hall–Kier alpha value is -2.81. The molecule has 1 aromatic carbocycles. The van der Waals surface area contributed by atoms with Crippen LogP contribution in [0.15, 0.2) is 18.2 Å². The second-order valence-electron chi connectivity index (χ2n) is 10.8. The molecule has 3 aliphatic rings. The molecule has 3 atom stereocenters. The largest absolute Gasteiger partial charge is 0.481 e. The van der Waals surface area contributed by atoms with Gasteiger partial charge in [-0.1, -0.05) is 32.8 Å². The van der Waals surface area contributed by atoms with E-state index in [-0.39, 0.29) is 37.1 Å². The van der Waals surface area contributed by atoms with Crippen LogP contribution < -0.4 is 9.47 Å². The Labute approximate surface area is 226 Å². The first-order valence-electron chi connectivity index (χ1n) is 14.3. The van der Waals surface area contributed by atoms with Gasteiger partial charge < -0.3 is 24.4 Å². The summed E-state index contributed by atoms with van der Waals surface area (Å²) >= 11 is 0. The molecule has 2 fully saturated rings. The number of nitrogens with zero attached hydrogens (tertiary/aromatic N) is 3. The summed E-state index contributed by atoms with van der Waals surface area (Å²) < 4.78 is 11.0. The number of aliphatic carboxylic acids is 1. The molecule has 2 amide bonds. The van der Waals surface area contributed by atoms with E-state index in [0.29, 0.717) is 37.4 Å². The second kappa shape index (κ2) is 13.3. The van der Waals surface area contributed by atoms with Gasteiger partial charge in [-0.3, -0.25) is 19.3 Å². The molecule has 0 radical (unpaired) electrons. The number of amides is 2. The number of carboxylic acids is 1. The van der Waals surface area contributed by atoms with Gasteiger partial charge in [0.2, 0.25) is 18.6 Å². The number of carbonyl (C=O) groups is 3. The minimum absolute atomic E-state index is 0.0569. The molecule has 0 spiro atoms. The summed E-state index contributed by atoms with van der Waals surface area (Å²) in [4.78, 5) is 44.6. The monoisotopic (exact) mass is 529 g/mol. The lowest BCUT2D eigenvalue weighted by Crippen LogP contribution is -2.46. The fraction of sp³-hybridized carbons (Fsp3) is 0.690. The summed E-state index contributed by atoms with van der Waals surface area (Å²) in [5.41, 5.74) is 0.879. The van der Waals surface area contributed by atoms with Crippen LogP contribution in [-0.4, -0.2) is 89.7 Å². The molecule has 2 saturated heterocycles. The summed E-state index contributed by atoms with van der Waals surface area (Å²) in [6, 6.07) is 5.29. The molecule has 9 heteroatoms. The first kappa shape index (κ1) is 28.2. The summed E-state index contributed by atoms with van der Waals surface area (Å²) in [7, 11) is 0. The molecular formula is C29H43N3O6. The molecular weight excluding hydrogens is 486 g/mol. The summed E-state index contributed by atoms with van der Waals surface area (Å²) in [6.45, 7) is 7.74. The second-order valence-corrected chi connectivity index (χ2v) is 10.8. The number of piperidine rings is 1. The van der Waals surface area contributed by atoms with Crippen LogP contribution in [0.5, 0.6) is 11.5 Å². The molecule has 1 N–H and O–H groups in total. The van der Waals surface area contributed by atoms with Crippen molar-refractivity contribution < 1.29 is 29.0 Å². The van der Waals surface area contributed by atoms with Crippen LogP contribution in [0.25, 0.3) is 0 Å². The highest BCUT2D eigenvalue weighted by molar-refractivity contribution is 5.79. The summed E-state index contributed by atoms with van der Waals surface area (Å²) in [6.07, 6.45) is 6.90. The summed E-state index contributed by atoms with van der Waals surface area (Å²) in [5, 5.41) is 10.4. The van der Waals surface area contributed by atoms with Crippen molar-refractivity contribution in [1.82, 2.24) is 14.7 Å². The number of fused-ring (bicyclic) bond motifs is 1. The zero-order valence-corrected chi connectivity index (χ0v) is 22.9. The molecule has 0 aromatic heterocycles. The van der Waals surface area contributed by atoms with Crippen molar-refractivity contribution in [2.75, 3.05) is 46.1 Å². The Bertz CT molecular complexity index is 977. The van der Waals surface area contributed by atoms with Crippen molar-refractivity contribution in [2.24, 2.45) is 5.92 Å². The molecule has 9 nitrogen and oxygen atoms in total. The van der Waals surface area contributed by atoms with Crippen molar-refractivity contribution in [3.63, 3.8) is 0 Å². The van der Waals surface area contributed by atoms with Crippen LogP contribution >= 0.6 is 0 Å². The standard InChI is InChI=1S/C29H43N3O6/c1-3-5-13-30(14-6-4-2)27(34)19-32-18-22(21-10-11-24-25(17-21)38-20-37-24)28(29(35)36)23(32)12-16-31-15-8-7-9-26(31)33/h10-11,17,22-23,28H,3-9,12-16,18-20H2,1-2H3,(H,35,36)/t22-,23-,28+/m1/s1. The van der Waals surface area contributed by atoms with Gasteiger partial charge >= 0.3 is 5.97 Å². The number of rotatable bonds is 13. The van der Waals surface area contributed by atoms with E-state index in [1.807, 2.05) is 28.0 Å². The maximum Gasteiger partial charge on any atom is 0.308 e. The lowest BCUT2D eigenvalue weighted by Gasteiger charge is -2.32. The van der Waals surface area contributed by atoms with E-state index in [0.717, 1.165) is 63.7 Å². The van der Waals surface area contributed by atoms with E-state index in [2.05, 4.69) is 18.7 Å². The number of carboxylic acid groups (broad SMARTS) is 1. The molecule has 3 heterocycles. The molecule has 3 aliphatic heterocycles. The van der Waals surface area contributed by atoms with E-state index in [9.17, 15) is 19.5 Å². The number of carbonyl (C=O) groups excluding carboxylic acids is 2. The fourth-order valence-corrected chi connectivity index (χ4v) is 6.05. The van der Waals surface area contributed by atoms with E-state index in [1.54, 1.807) is 0 Å². The van der Waals surface area contributed by atoms with E-state index < -0.39 is 11.9 Å². The van der Waals surface area contributed by atoms with Gasteiger partial charge in [-0.15, -0.1) is 0 Å². The minimum atomic E-state index is -0.869. The van der Waals surface area contributed by atoms with Crippen LogP contribution in [0.4, 0.5) is 0 Å². The van der Waals surface area contributed by atoms with Crippen molar-refractivity contribution in [1.29, 1.82) is 0 Å². The maximum absolute atomic E-state index is 13.5. The molecule has 4 rings (SSSR count). The van der Waals surface area contributed by atoms with Crippen LogP contribution in [0, 0.1) is 5.92 Å². The van der Waals surface area contributed by atoms with Crippen LogP contribution in [-0.2, 0) is 14.4 Å². The quantitative estimate of drug-likeness (QED) is 0.416. The lowest BCUT2D eigenvalue weighted by atomic mass is 9.84. The Balaban J connectivity index is 1.57. The number of benzene rings is 1. The van der Waals surface area contributed by atoms with Gasteiger partial charge in [0.25, 0.3) is 0 Å². The van der Waals surface area contributed by atoms with Gasteiger partial charge in [0.05, 0.1) is 12.5 Å². The first-order chi connectivity index (χ1) is 18.4. The smallest absolute Gasteiger partial charge is 0.308 e. The summed E-state index contributed by atoms with van der Waals surface area (Å²) in [5.74, 6) is -0.371. The normalized spacial score (nSPS) is 23.2. The van der Waals surface area contributed by atoms with Crippen LogP contribution in [0.1, 0.15) is 76.7 Å². The zero-order valence-electron chi connectivity index (χ0n) is 22.9. The highest BCUT2D eigenvalue weighted by Gasteiger charge is 2.47. The first-order valence-corrected chi connectivity index (χ1v) is 14.3. The van der Waals surface area contributed by atoms with Gasteiger partial charge in [-0.05, 0) is 49.8 Å². The van der Waals surface area contributed by atoms with Crippen molar-refractivity contribution in [2.45, 2.75) is 77.2 Å². The molecule has 0 saturated carbocycles. The molecule has 210 valence electrons. The fourth-order valence-electron chi connectivity index (χ4n) is 6.05. The zero-order chi connectivity index (χ0) is 27.1. The molecule has 0 unspecified atom stereocenters. The third-order valence-corrected chi connectivity index (χ3v) is 8.23. The highest BCUT2D eigenvalue weighted by atomic mass is 16.7. The average Bonchev–Trinajstić information content (AvgIpc) is 3.52. The number of likely N-dealkylation sites (tertiary alicyclic amines) is 2. The van der Waals surface area contributed by atoms with Crippen molar-refractivity contribution >= 4 is 17.8 Å². The Kier molecular flexibility index (Phi) is 9.88. The van der Waals surface area contributed by atoms with E-state index in [4.69, 9.17) is 9.47 Å². The van der Waals surface area contributed by atoms with E-state index >= 15 is 0 Å². The maximum atomic E-state index is 13.5. The van der Waals surface area contributed by atoms with Crippen molar-refractivity contribution in [3.8, 4) is 11.5 Å². The Morgan fingerprint density at radius 3 is 2.50 bits per heavy atom. The third kappa shape index (κ3) is 6.60. The number of hydrogen-bond acceptors (Lipinski definition) is 6. The SMILES string of the molecule is CCCCN(CCCC)C(=O)CN1C[C@H](c2ccc3c(c2)OCO3)[C@H](C(=O)O)[C@H]1CCN1CCCCC1=O. The molecule has 1 aromatic rings. The Morgan fingerprint density at radius 2 is 1.82 bits per heavy atom.